The number of nitrogens with zero attached hydrogens (tertiary/aromatic N) is 2. The van der Waals surface area contributed by atoms with Crippen LogP contribution >= 0.6 is 11.3 Å². The van der Waals surface area contributed by atoms with Crippen molar-refractivity contribution in [1.82, 2.24) is 14.8 Å². The molecule has 1 aliphatic heterocycles. The van der Waals surface area contributed by atoms with E-state index in [1.54, 1.807) is 0 Å². The van der Waals surface area contributed by atoms with Crippen molar-refractivity contribution in [3.8, 4) is 0 Å². The van der Waals surface area contributed by atoms with Crippen LogP contribution in [-0.2, 0) is 20.0 Å². The van der Waals surface area contributed by atoms with Gasteiger partial charge in [0.15, 0.2) is 0 Å². The summed E-state index contributed by atoms with van der Waals surface area (Å²) in [6, 6.07) is 0.952. The Balaban J connectivity index is 2.64. The Morgan fingerprint density at radius 2 is 2.21 bits per heavy atom. The molecule has 1 aliphatic rings. The minimum absolute atomic E-state index is 0.0279. The Morgan fingerprint density at radius 1 is 1.58 bits per heavy atom. The molecular weight excluding hydrogens is 310 g/mol. The summed E-state index contributed by atoms with van der Waals surface area (Å²) in [6.45, 7) is 2.72. The van der Waals surface area contributed by atoms with E-state index in [9.17, 15) is 16.8 Å². The van der Waals surface area contributed by atoms with Crippen LogP contribution < -0.4 is 10.5 Å². The second kappa shape index (κ2) is 4.79. The number of fused-ring (bicyclic) bond motifs is 1. The first-order chi connectivity index (χ1) is 8.67. The molecule has 7 nitrogen and oxygen atoms in total. The summed E-state index contributed by atoms with van der Waals surface area (Å²) in [6.07, 6.45) is 0. The van der Waals surface area contributed by atoms with Gasteiger partial charge in [-0.2, -0.15) is 4.31 Å². The molecule has 1 N–H and O–H groups in total. The zero-order valence-corrected chi connectivity index (χ0v) is 12.8. The average molecular weight is 323 g/mol. The van der Waals surface area contributed by atoms with Crippen LogP contribution in [0.5, 0.6) is 0 Å². The van der Waals surface area contributed by atoms with Crippen molar-refractivity contribution in [2.24, 2.45) is 0 Å². The maximum Gasteiger partial charge on any atom is 0.283 e. The zero-order chi connectivity index (χ0) is 14.4. The second-order valence-corrected chi connectivity index (χ2v) is 9.12. The first-order valence-corrected chi connectivity index (χ1v) is 9.18. The fourth-order valence-electron chi connectivity index (χ4n) is 1.95. The molecule has 0 saturated heterocycles. The van der Waals surface area contributed by atoms with Crippen LogP contribution in [0.2, 0.25) is 0 Å². The van der Waals surface area contributed by atoms with E-state index in [2.05, 4.69) is 5.32 Å². The molecular formula is C9H13N3O4S3. The molecule has 1 aromatic rings. The molecule has 106 valence electrons. The first kappa shape index (κ1) is 14.9. The lowest BCUT2D eigenvalue weighted by atomic mass is 10.1. The van der Waals surface area contributed by atoms with Gasteiger partial charge in [0.2, 0.25) is 0 Å². The molecule has 1 aromatic heterocycles. The summed E-state index contributed by atoms with van der Waals surface area (Å²) in [5.74, 6) is 0. The van der Waals surface area contributed by atoms with Gasteiger partial charge < -0.3 is 5.32 Å². The maximum atomic E-state index is 12.1. The lowest BCUT2D eigenvalue weighted by Crippen LogP contribution is -2.40. The standard InChI is InChI=1S/C9H13N3O4S3/c1-3-11-7-5-12(2)19(15,16)9-6(7)4-8(17-9)18(10,13)14/h4,7,11H,3,5H2,1-2H3. The van der Waals surface area contributed by atoms with Crippen LogP contribution in [0.1, 0.15) is 18.5 Å². The predicted octanol–water partition coefficient (Wildman–Crippen LogP) is -0.210. The van der Waals surface area contributed by atoms with E-state index >= 15 is 0 Å². The van der Waals surface area contributed by atoms with Gasteiger partial charge in [-0.15, -0.1) is 11.3 Å². The normalized spacial score (nSPS) is 23.2. The molecule has 1 unspecified atom stereocenters. The van der Waals surface area contributed by atoms with Gasteiger partial charge in [0.05, 0.1) is 0 Å². The smallest absolute Gasteiger partial charge is 0.283 e. The van der Waals surface area contributed by atoms with E-state index < -0.39 is 20.0 Å². The van der Waals surface area contributed by atoms with Gasteiger partial charge in [0.1, 0.15) is 8.42 Å². The SMILES string of the molecule is CCNC1CN(C)S(=O)(=O)c2sc(S([N])(=O)=O)cc21. The summed E-state index contributed by atoms with van der Waals surface area (Å²) < 4.78 is 47.3. The Kier molecular flexibility index (Phi) is 3.75. The number of hydrogen-bond donors (Lipinski definition) is 1. The van der Waals surface area contributed by atoms with Crippen molar-refractivity contribution < 1.29 is 16.8 Å². The highest BCUT2D eigenvalue weighted by molar-refractivity contribution is 7.93. The lowest BCUT2D eigenvalue weighted by Gasteiger charge is -2.29. The third-order valence-corrected chi connectivity index (χ3v) is 7.67. The minimum Gasteiger partial charge on any atom is -0.309 e. The van der Waals surface area contributed by atoms with Crippen LogP contribution in [-0.4, -0.2) is 41.3 Å². The van der Waals surface area contributed by atoms with Gasteiger partial charge in [-0.05, 0) is 12.6 Å². The minimum atomic E-state index is -4.40. The highest BCUT2D eigenvalue weighted by Gasteiger charge is 2.38. The predicted molar refractivity (Wildman–Crippen MR) is 69.9 cm³/mol. The van der Waals surface area contributed by atoms with E-state index in [-0.39, 0.29) is 21.0 Å². The number of rotatable bonds is 3. The highest BCUT2D eigenvalue weighted by Crippen LogP contribution is 2.39. The third kappa shape index (κ3) is 2.56. The van der Waals surface area contributed by atoms with Crippen molar-refractivity contribution in [3.05, 3.63) is 11.6 Å². The van der Waals surface area contributed by atoms with Crippen LogP contribution in [0.15, 0.2) is 14.5 Å². The Bertz CT molecular complexity index is 692. The monoisotopic (exact) mass is 323 g/mol. The molecule has 0 aliphatic carbocycles. The van der Waals surface area contributed by atoms with Crippen molar-refractivity contribution >= 4 is 31.4 Å². The molecule has 0 bridgehead atoms. The molecule has 0 spiro atoms. The molecule has 2 rings (SSSR count). The van der Waals surface area contributed by atoms with E-state index in [0.29, 0.717) is 23.4 Å². The summed E-state index contributed by atoms with van der Waals surface area (Å²) in [5, 5.41) is 12.1. The fourth-order valence-corrected chi connectivity index (χ4v) is 5.95. The summed E-state index contributed by atoms with van der Waals surface area (Å²) in [7, 11) is -6.63. The molecule has 2 radical (unpaired) electrons. The largest absolute Gasteiger partial charge is 0.309 e. The number of thiophene rings is 1. The van der Waals surface area contributed by atoms with Gasteiger partial charge in [-0.25, -0.2) is 16.8 Å². The van der Waals surface area contributed by atoms with Gasteiger partial charge in [-0.1, -0.05) is 6.92 Å². The molecule has 2 heterocycles. The van der Waals surface area contributed by atoms with Crippen LogP contribution in [0.3, 0.4) is 0 Å². The van der Waals surface area contributed by atoms with Gasteiger partial charge in [0.25, 0.3) is 20.0 Å². The lowest BCUT2D eigenvalue weighted by molar-refractivity contribution is 0.385. The molecule has 0 aromatic carbocycles. The molecule has 1 atom stereocenters. The molecule has 0 amide bonds. The van der Waals surface area contributed by atoms with Crippen molar-refractivity contribution in [2.75, 3.05) is 20.1 Å². The Hall–Kier alpha value is -0.520. The van der Waals surface area contributed by atoms with Gasteiger partial charge in [-0.3, -0.25) is 0 Å². The average Bonchev–Trinajstić information content (AvgIpc) is 2.72. The van der Waals surface area contributed by atoms with Crippen molar-refractivity contribution in [2.45, 2.75) is 21.4 Å². The van der Waals surface area contributed by atoms with Crippen LogP contribution in [0, 0.1) is 0 Å². The zero-order valence-electron chi connectivity index (χ0n) is 10.3. The van der Waals surface area contributed by atoms with E-state index in [1.807, 2.05) is 6.92 Å². The second-order valence-electron chi connectivity index (χ2n) is 4.18. The van der Waals surface area contributed by atoms with E-state index in [1.165, 1.54) is 17.4 Å². The number of nitrogens with one attached hydrogen (secondary N) is 1. The number of sulfonamides is 2. The van der Waals surface area contributed by atoms with Crippen LogP contribution in [0.4, 0.5) is 0 Å². The number of hydrogen-bond acceptors (Lipinski definition) is 6. The Labute approximate surface area is 116 Å². The third-order valence-electron chi connectivity index (χ3n) is 2.87. The van der Waals surface area contributed by atoms with Crippen molar-refractivity contribution in [1.29, 1.82) is 0 Å². The summed E-state index contributed by atoms with van der Waals surface area (Å²) in [5.41, 5.74) is 0.401. The molecule has 0 saturated carbocycles. The number of likely N-dealkylation sites (N-methyl/N-ethyl adjacent to an activating group) is 2. The fraction of sp³-hybridized carbons (Fsp3) is 0.556. The van der Waals surface area contributed by atoms with E-state index in [0.717, 1.165) is 0 Å². The first-order valence-electron chi connectivity index (χ1n) is 5.49. The van der Waals surface area contributed by atoms with Crippen LogP contribution in [0.25, 0.3) is 0 Å². The van der Waals surface area contributed by atoms with Crippen molar-refractivity contribution in [3.63, 3.8) is 0 Å². The highest BCUT2D eigenvalue weighted by atomic mass is 32.3. The molecule has 0 fully saturated rings. The van der Waals surface area contributed by atoms with Gasteiger partial charge >= 0.3 is 0 Å². The maximum absolute atomic E-state index is 12.1. The van der Waals surface area contributed by atoms with Gasteiger partial charge in [0, 0.05) is 30.3 Å². The molecule has 19 heavy (non-hydrogen) atoms. The van der Waals surface area contributed by atoms with E-state index in [4.69, 9.17) is 5.14 Å². The quantitative estimate of drug-likeness (QED) is 0.828. The molecule has 10 heteroatoms. The summed E-state index contributed by atoms with van der Waals surface area (Å²) in [4.78, 5) is 0. The summed E-state index contributed by atoms with van der Waals surface area (Å²) >= 11 is 0.575. The topological polar surface area (TPSA) is 106 Å². The Morgan fingerprint density at radius 3 is 2.74 bits per heavy atom.